The Balaban J connectivity index is 2.11. The molecule has 0 radical (unpaired) electrons. The van der Waals surface area contributed by atoms with E-state index in [9.17, 15) is 5.11 Å². The second-order valence-electron chi connectivity index (χ2n) is 3.28. The lowest BCUT2D eigenvalue weighted by atomic mass is 10.0. The van der Waals surface area contributed by atoms with Gasteiger partial charge in [-0.2, -0.15) is 0 Å². The van der Waals surface area contributed by atoms with Crippen LogP contribution in [-0.4, -0.2) is 17.8 Å². The van der Waals surface area contributed by atoms with Gasteiger partial charge in [-0.25, -0.2) is 0 Å². The van der Waals surface area contributed by atoms with Crippen molar-refractivity contribution < 1.29 is 5.11 Å². The van der Waals surface area contributed by atoms with Crippen molar-refractivity contribution in [2.24, 2.45) is 11.7 Å². The maximum absolute atomic E-state index is 9.19. The van der Waals surface area contributed by atoms with E-state index in [0.717, 1.165) is 12.3 Å². The van der Waals surface area contributed by atoms with Gasteiger partial charge in [0.05, 0.1) is 6.10 Å². The Labute approximate surface area is 62.4 Å². The number of aliphatic hydroxyl groups is 1. The number of hydrogen-bond acceptors (Lipinski definition) is 2. The first-order valence-corrected chi connectivity index (χ1v) is 4.21. The Bertz CT molecular complexity index is 89.3. The first kappa shape index (κ1) is 8.02. The maximum atomic E-state index is 9.19. The number of rotatable bonds is 3. The van der Waals surface area contributed by atoms with Crippen LogP contribution in [-0.2, 0) is 0 Å². The van der Waals surface area contributed by atoms with E-state index in [2.05, 4.69) is 0 Å². The molecule has 3 N–H and O–H groups in total. The van der Waals surface area contributed by atoms with E-state index in [0.29, 0.717) is 6.54 Å². The van der Waals surface area contributed by atoms with Crippen molar-refractivity contribution in [2.75, 3.05) is 6.54 Å². The maximum Gasteiger partial charge on any atom is 0.0665 e. The predicted octanol–water partition coefficient (Wildman–Crippen LogP) is 0.886. The van der Waals surface area contributed by atoms with E-state index in [4.69, 9.17) is 5.73 Å². The first-order chi connectivity index (χ1) is 4.83. The Hall–Kier alpha value is -0.0800. The molecule has 1 aliphatic rings. The second-order valence-corrected chi connectivity index (χ2v) is 3.28. The third-order valence-corrected chi connectivity index (χ3v) is 2.35. The largest absolute Gasteiger partial charge is 0.392 e. The molecule has 0 spiro atoms. The molecular weight excluding hydrogens is 126 g/mol. The van der Waals surface area contributed by atoms with E-state index in [-0.39, 0.29) is 6.10 Å². The minimum Gasteiger partial charge on any atom is -0.392 e. The lowest BCUT2D eigenvalue weighted by Gasteiger charge is -2.12. The van der Waals surface area contributed by atoms with Crippen LogP contribution in [0.5, 0.6) is 0 Å². The highest BCUT2D eigenvalue weighted by atomic mass is 16.3. The normalized spacial score (nSPS) is 23.4. The number of hydrogen-bond donors (Lipinski definition) is 2. The van der Waals surface area contributed by atoms with Crippen LogP contribution in [0.3, 0.4) is 0 Å². The summed E-state index contributed by atoms with van der Waals surface area (Å²) in [7, 11) is 0. The molecule has 1 saturated carbocycles. The van der Waals surface area contributed by atoms with Gasteiger partial charge in [0, 0.05) is 6.54 Å². The van der Waals surface area contributed by atoms with Crippen LogP contribution in [0, 0.1) is 5.92 Å². The minimum atomic E-state index is -0.247. The molecule has 0 aromatic carbocycles. The third-order valence-electron chi connectivity index (χ3n) is 2.35. The minimum absolute atomic E-state index is 0.247. The van der Waals surface area contributed by atoms with Crippen molar-refractivity contribution in [3.05, 3.63) is 0 Å². The van der Waals surface area contributed by atoms with Gasteiger partial charge in [-0.3, -0.25) is 0 Å². The van der Waals surface area contributed by atoms with Crippen LogP contribution < -0.4 is 5.73 Å². The van der Waals surface area contributed by atoms with Crippen LogP contribution in [0.1, 0.15) is 32.1 Å². The molecule has 0 heterocycles. The third kappa shape index (κ3) is 2.27. The molecule has 0 unspecified atom stereocenters. The molecule has 1 fully saturated rings. The van der Waals surface area contributed by atoms with E-state index >= 15 is 0 Å². The summed E-state index contributed by atoms with van der Waals surface area (Å²) in [4.78, 5) is 0. The van der Waals surface area contributed by atoms with Gasteiger partial charge in [0.25, 0.3) is 0 Å². The lowest BCUT2D eigenvalue weighted by Crippen LogP contribution is -2.21. The second kappa shape index (κ2) is 3.94. The predicted molar refractivity (Wildman–Crippen MR) is 41.6 cm³/mol. The molecule has 0 bridgehead atoms. The number of nitrogens with two attached hydrogens (primary N) is 1. The van der Waals surface area contributed by atoms with Crippen molar-refractivity contribution in [3.63, 3.8) is 0 Å². The molecule has 0 aromatic heterocycles. The molecule has 2 nitrogen and oxygen atoms in total. The fourth-order valence-electron chi connectivity index (χ4n) is 1.73. The first-order valence-electron chi connectivity index (χ1n) is 4.21. The van der Waals surface area contributed by atoms with E-state index in [1.165, 1.54) is 25.7 Å². The van der Waals surface area contributed by atoms with Crippen LogP contribution in [0.2, 0.25) is 0 Å². The summed E-state index contributed by atoms with van der Waals surface area (Å²) < 4.78 is 0. The summed E-state index contributed by atoms with van der Waals surface area (Å²) in [6.07, 6.45) is 5.98. The van der Waals surface area contributed by atoms with Gasteiger partial charge < -0.3 is 10.8 Å². The van der Waals surface area contributed by atoms with E-state index in [1.54, 1.807) is 0 Å². The van der Waals surface area contributed by atoms with Crippen molar-refractivity contribution in [1.82, 2.24) is 0 Å². The summed E-state index contributed by atoms with van der Waals surface area (Å²) in [5, 5.41) is 9.19. The lowest BCUT2D eigenvalue weighted by molar-refractivity contribution is 0.150. The average Bonchev–Trinajstić information content (AvgIpc) is 2.40. The molecule has 0 aliphatic heterocycles. The Morgan fingerprint density at radius 3 is 2.50 bits per heavy atom. The monoisotopic (exact) mass is 143 g/mol. The Morgan fingerprint density at radius 1 is 1.40 bits per heavy atom. The van der Waals surface area contributed by atoms with Crippen LogP contribution in [0.25, 0.3) is 0 Å². The van der Waals surface area contributed by atoms with Crippen LogP contribution in [0.4, 0.5) is 0 Å². The molecule has 10 heavy (non-hydrogen) atoms. The highest BCUT2D eigenvalue weighted by molar-refractivity contribution is 4.71. The van der Waals surface area contributed by atoms with Gasteiger partial charge in [0.15, 0.2) is 0 Å². The molecule has 60 valence electrons. The SMILES string of the molecule is NC[C@@H](O)CC1CCCC1. The van der Waals surface area contributed by atoms with E-state index < -0.39 is 0 Å². The molecule has 1 rings (SSSR count). The highest BCUT2D eigenvalue weighted by Gasteiger charge is 2.17. The smallest absolute Gasteiger partial charge is 0.0665 e. The Morgan fingerprint density at radius 2 is 2.00 bits per heavy atom. The van der Waals surface area contributed by atoms with Gasteiger partial charge in [-0.1, -0.05) is 25.7 Å². The van der Waals surface area contributed by atoms with Gasteiger partial charge >= 0.3 is 0 Å². The molecule has 2 heteroatoms. The van der Waals surface area contributed by atoms with Crippen molar-refractivity contribution in [2.45, 2.75) is 38.2 Å². The fourth-order valence-corrected chi connectivity index (χ4v) is 1.73. The van der Waals surface area contributed by atoms with E-state index in [1.807, 2.05) is 0 Å². The average molecular weight is 143 g/mol. The van der Waals surface area contributed by atoms with Gasteiger partial charge in [0.2, 0.25) is 0 Å². The molecule has 0 amide bonds. The molecule has 1 atom stereocenters. The number of aliphatic hydroxyl groups excluding tert-OH is 1. The van der Waals surface area contributed by atoms with Gasteiger partial charge in [-0.15, -0.1) is 0 Å². The highest BCUT2D eigenvalue weighted by Crippen LogP contribution is 2.28. The summed E-state index contributed by atoms with van der Waals surface area (Å²) in [5.41, 5.74) is 5.30. The van der Waals surface area contributed by atoms with Gasteiger partial charge in [0.1, 0.15) is 0 Å². The summed E-state index contributed by atoms with van der Waals surface area (Å²) in [6.45, 7) is 0.427. The summed E-state index contributed by atoms with van der Waals surface area (Å²) in [5.74, 6) is 0.763. The van der Waals surface area contributed by atoms with Crippen LogP contribution >= 0.6 is 0 Å². The zero-order valence-corrected chi connectivity index (χ0v) is 6.42. The molecular formula is C8H17NO. The summed E-state index contributed by atoms with van der Waals surface area (Å²) >= 11 is 0. The zero-order valence-electron chi connectivity index (χ0n) is 6.42. The van der Waals surface area contributed by atoms with Crippen molar-refractivity contribution in [3.8, 4) is 0 Å². The fraction of sp³-hybridized carbons (Fsp3) is 1.00. The zero-order chi connectivity index (χ0) is 7.40. The standard InChI is InChI=1S/C8H17NO/c9-6-8(10)5-7-3-1-2-4-7/h7-8,10H,1-6,9H2/t8-/m0/s1. The molecule has 1 aliphatic carbocycles. The Kier molecular flexibility index (Phi) is 3.16. The van der Waals surface area contributed by atoms with Crippen molar-refractivity contribution >= 4 is 0 Å². The van der Waals surface area contributed by atoms with Crippen molar-refractivity contribution in [1.29, 1.82) is 0 Å². The van der Waals surface area contributed by atoms with Gasteiger partial charge in [-0.05, 0) is 12.3 Å². The molecule has 0 aromatic rings. The van der Waals surface area contributed by atoms with Crippen LogP contribution in [0.15, 0.2) is 0 Å². The summed E-state index contributed by atoms with van der Waals surface area (Å²) in [6, 6.07) is 0. The quantitative estimate of drug-likeness (QED) is 0.616. The topological polar surface area (TPSA) is 46.2 Å². The molecule has 0 saturated heterocycles.